The first-order valence-corrected chi connectivity index (χ1v) is 6.41. The highest BCUT2D eigenvalue weighted by molar-refractivity contribution is 5.73. The van der Waals surface area contributed by atoms with E-state index in [2.05, 4.69) is 14.7 Å². The van der Waals surface area contributed by atoms with Crippen LogP contribution in [-0.2, 0) is 16.1 Å². The number of rotatable bonds is 5. The Hall–Kier alpha value is -2.21. The number of hydrogen-bond donors (Lipinski definition) is 1. The van der Waals surface area contributed by atoms with Crippen molar-refractivity contribution in [3.05, 3.63) is 40.3 Å². The summed E-state index contributed by atoms with van der Waals surface area (Å²) in [6.45, 7) is 2.99. The van der Waals surface area contributed by atoms with Gasteiger partial charge in [-0.15, -0.1) is 0 Å². The van der Waals surface area contributed by atoms with Gasteiger partial charge in [-0.25, -0.2) is 4.98 Å². The number of nitrogens with one attached hydrogen (secondary N) is 1. The lowest BCUT2D eigenvalue weighted by Gasteiger charge is -2.17. The molecule has 106 valence electrons. The normalized spacial score (nSPS) is 10.9. The van der Waals surface area contributed by atoms with Gasteiger partial charge in [0.1, 0.15) is 5.69 Å². The van der Waals surface area contributed by atoms with Crippen LogP contribution in [0.2, 0.25) is 0 Å². The molecule has 0 fully saturated rings. The van der Waals surface area contributed by atoms with E-state index in [1.165, 1.54) is 7.11 Å². The number of benzene rings is 1. The summed E-state index contributed by atoms with van der Waals surface area (Å²) in [5, 5.41) is 0. The number of aromatic amines is 1. The number of methoxy groups -OCH3 is 1. The van der Waals surface area contributed by atoms with Crippen LogP contribution in [0.4, 0.5) is 0 Å². The molecular weight excluding hydrogens is 258 g/mol. The van der Waals surface area contributed by atoms with Gasteiger partial charge in [0.05, 0.1) is 24.7 Å². The minimum Gasteiger partial charge on any atom is -0.468 e. The molecule has 6 nitrogen and oxygen atoms in total. The van der Waals surface area contributed by atoms with Gasteiger partial charge in [-0.2, -0.15) is 0 Å². The van der Waals surface area contributed by atoms with E-state index in [9.17, 15) is 9.59 Å². The Morgan fingerprint density at radius 2 is 2.15 bits per heavy atom. The van der Waals surface area contributed by atoms with Crippen LogP contribution in [0.25, 0.3) is 11.0 Å². The molecular formula is C14H17N3O3. The molecule has 0 aliphatic heterocycles. The lowest BCUT2D eigenvalue weighted by molar-refractivity contribution is -0.142. The SMILES string of the molecule is CCN(CC(=O)OC)Cc1nc2ccccc2[nH]c1=O. The van der Waals surface area contributed by atoms with E-state index in [0.29, 0.717) is 24.3 Å². The van der Waals surface area contributed by atoms with Crippen LogP contribution >= 0.6 is 0 Å². The lowest BCUT2D eigenvalue weighted by Crippen LogP contribution is -2.32. The highest BCUT2D eigenvalue weighted by Gasteiger charge is 2.13. The van der Waals surface area contributed by atoms with E-state index in [4.69, 9.17) is 0 Å². The number of H-pyrrole nitrogens is 1. The number of likely N-dealkylation sites (N-methyl/N-ethyl adjacent to an activating group) is 1. The number of ether oxygens (including phenoxy) is 1. The van der Waals surface area contributed by atoms with Gasteiger partial charge in [-0.3, -0.25) is 14.5 Å². The van der Waals surface area contributed by atoms with E-state index >= 15 is 0 Å². The summed E-state index contributed by atoms with van der Waals surface area (Å²) in [6, 6.07) is 7.35. The summed E-state index contributed by atoms with van der Waals surface area (Å²) in [5.41, 5.74) is 1.61. The van der Waals surface area contributed by atoms with Gasteiger partial charge in [-0.1, -0.05) is 19.1 Å². The summed E-state index contributed by atoms with van der Waals surface area (Å²) in [6.07, 6.45) is 0. The number of carbonyl (C=O) groups excluding carboxylic acids is 1. The molecule has 2 rings (SSSR count). The van der Waals surface area contributed by atoms with Crippen molar-refractivity contribution >= 4 is 17.0 Å². The molecule has 20 heavy (non-hydrogen) atoms. The first kappa shape index (κ1) is 14.2. The largest absolute Gasteiger partial charge is 0.468 e. The summed E-state index contributed by atoms with van der Waals surface area (Å²) >= 11 is 0. The molecule has 0 bridgehead atoms. The number of esters is 1. The summed E-state index contributed by atoms with van der Waals surface area (Å²) < 4.78 is 4.63. The van der Waals surface area contributed by atoms with Crippen LogP contribution in [0.5, 0.6) is 0 Å². The van der Waals surface area contributed by atoms with Gasteiger partial charge in [0, 0.05) is 6.54 Å². The van der Waals surface area contributed by atoms with Crippen LogP contribution in [0, 0.1) is 0 Å². The molecule has 1 heterocycles. The van der Waals surface area contributed by atoms with Crippen LogP contribution in [-0.4, -0.2) is 41.0 Å². The van der Waals surface area contributed by atoms with E-state index in [1.807, 2.05) is 25.1 Å². The highest BCUT2D eigenvalue weighted by Crippen LogP contribution is 2.07. The average Bonchev–Trinajstić information content (AvgIpc) is 2.46. The fraction of sp³-hybridized carbons (Fsp3) is 0.357. The van der Waals surface area contributed by atoms with Crippen molar-refractivity contribution < 1.29 is 9.53 Å². The topological polar surface area (TPSA) is 75.3 Å². The minimum absolute atomic E-state index is 0.140. The minimum atomic E-state index is -0.330. The molecule has 0 aliphatic rings. The third kappa shape index (κ3) is 3.21. The molecule has 2 aromatic rings. The maximum Gasteiger partial charge on any atom is 0.319 e. The van der Waals surface area contributed by atoms with Crippen molar-refractivity contribution in [3.63, 3.8) is 0 Å². The predicted octanol–water partition coefficient (Wildman–Crippen LogP) is 0.918. The van der Waals surface area contributed by atoms with Gasteiger partial charge in [0.25, 0.3) is 5.56 Å². The number of aromatic nitrogens is 2. The molecule has 0 spiro atoms. The van der Waals surface area contributed by atoms with Crippen molar-refractivity contribution in [1.29, 1.82) is 0 Å². The Balaban J connectivity index is 2.25. The molecule has 1 N–H and O–H groups in total. The van der Waals surface area contributed by atoms with Crippen LogP contribution in [0.15, 0.2) is 29.1 Å². The smallest absolute Gasteiger partial charge is 0.319 e. The maximum absolute atomic E-state index is 12.0. The Morgan fingerprint density at radius 3 is 2.85 bits per heavy atom. The van der Waals surface area contributed by atoms with Gasteiger partial charge in [0.15, 0.2) is 0 Å². The Kier molecular flexibility index (Phi) is 4.47. The predicted molar refractivity (Wildman–Crippen MR) is 75.3 cm³/mol. The van der Waals surface area contributed by atoms with Crippen molar-refractivity contribution in [2.75, 3.05) is 20.2 Å². The Labute approximate surface area is 116 Å². The molecule has 0 atom stereocenters. The third-order valence-electron chi connectivity index (χ3n) is 3.07. The number of carbonyl (C=O) groups is 1. The summed E-state index contributed by atoms with van der Waals surface area (Å²) in [7, 11) is 1.34. The second-order valence-corrected chi connectivity index (χ2v) is 4.41. The Bertz CT molecular complexity index is 666. The van der Waals surface area contributed by atoms with E-state index in [1.54, 1.807) is 11.0 Å². The zero-order valence-corrected chi connectivity index (χ0v) is 11.5. The standard InChI is InChI=1S/C14H17N3O3/c1-3-17(9-13(18)20-2)8-12-14(19)16-11-7-5-4-6-10(11)15-12/h4-7H,3,8-9H2,1-2H3,(H,16,19). The van der Waals surface area contributed by atoms with Gasteiger partial charge in [-0.05, 0) is 18.7 Å². The lowest BCUT2D eigenvalue weighted by atomic mass is 10.3. The number of fused-ring (bicyclic) bond motifs is 1. The second-order valence-electron chi connectivity index (χ2n) is 4.41. The van der Waals surface area contributed by atoms with Crippen molar-refractivity contribution in [2.24, 2.45) is 0 Å². The molecule has 0 unspecified atom stereocenters. The molecule has 0 amide bonds. The first-order valence-electron chi connectivity index (χ1n) is 6.41. The van der Waals surface area contributed by atoms with Gasteiger partial charge < -0.3 is 9.72 Å². The number of nitrogens with zero attached hydrogens (tertiary/aromatic N) is 2. The van der Waals surface area contributed by atoms with Crippen molar-refractivity contribution in [2.45, 2.75) is 13.5 Å². The van der Waals surface area contributed by atoms with Crippen LogP contribution < -0.4 is 5.56 Å². The van der Waals surface area contributed by atoms with Crippen LogP contribution in [0.1, 0.15) is 12.6 Å². The van der Waals surface area contributed by atoms with Crippen molar-refractivity contribution in [1.82, 2.24) is 14.9 Å². The first-order chi connectivity index (χ1) is 9.63. The highest BCUT2D eigenvalue weighted by atomic mass is 16.5. The van der Waals surface area contributed by atoms with Gasteiger partial charge in [0.2, 0.25) is 0 Å². The maximum atomic E-state index is 12.0. The van der Waals surface area contributed by atoms with Gasteiger partial charge >= 0.3 is 5.97 Å². The Morgan fingerprint density at radius 1 is 1.40 bits per heavy atom. The summed E-state index contributed by atoms with van der Waals surface area (Å²) in [5.74, 6) is -0.330. The summed E-state index contributed by atoms with van der Waals surface area (Å²) in [4.78, 5) is 32.2. The van der Waals surface area contributed by atoms with E-state index in [0.717, 1.165) is 5.52 Å². The third-order valence-corrected chi connectivity index (χ3v) is 3.07. The average molecular weight is 275 g/mol. The molecule has 1 aromatic carbocycles. The number of hydrogen-bond acceptors (Lipinski definition) is 5. The van der Waals surface area contributed by atoms with E-state index in [-0.39, 0.29) is 18.1 Å². The molecule has 0 saturated heterocycles. The molecule has 6 heteroatoms. The molecule has 0 radical (unpaired) electrons. The zero-order valence-electron chi connectivity index (χ0n) is 11.5. The molecule has 1 aromatic heterocycles. The van der Waals surface area contributed by atoms with Crippen molar-refractivity contribution in [3.8, 4) is 0 Å². The molecule has 0 aliphatic carbocycles. The monoisotopic (exact) mass is 275 g/mol. The molecule has 0 saturated carbocycles. The fourth-order valence-corrected chi connectivity index (χ4v) is 1.91. The quantitative estimate of drug-likeness (QED) is 0.821. The fourth-order valence-electron chi connectivity index (χ4n) is 1.91. The van der Waals surface area contributed by atoms with E-state index < -0.39 is 0 Å². The van der Waals surface area contributed by atoms with Crippen LogP contribution in [0.3, 0.4) is 0 Å². The number of para-hydroxylation sites is 2. The zero-order chi connectivity index (χ0) is 14.5. The second kappa shape index (κ2) is 6.29.